The molecule has 2 N–H and O–H groups in total. The van der Waals surface area contributed by atoms with Crippen LogP contribution in [0.1, 0.15) is 17.4 Å². The van der Waals surface area contributed by atoms with Crippen molar-refractivity contribution in [2.24, 2.45) is 4.99 Å². The van der Waals surface area contributed by atoms with Crippen LogP contribution in [-0.4, -0.2) is 19.6 Å². The summed E-state index contributed by atoms with van der Waals surface area (Å²) in [7, 11) is 1.68. The Morgan fingerprint density at radius 1 is 1.43 bits per heavy atom. The third-order valence-corrected chi connectivity index (χ3v) is 3.30. The van der Waals surface area contributed by atoms with Crippen molar-refractivity contribution in [2.45, 2.75) is 12.6 Å². The lowest BCUT2D eigenvalue weighted by Crippen LogP contribution is -2.39. The first-order valence-electron chi connectivity index (χ1n) is 6.68. The van der Waals surface area contributed by atoms with E-state index in [0.29, 0.717) is 24.9 Å². The van der Waals surface area contributed by atoms with Crippen molar-refractivity contribution in [1.82, 2.24) is 10.6 Å². The Kier molecular flexibility index (Phi) is 3.77. The molecule has 1 aromatic carbocycles. The topological polar surface area (TPSA) is 58.8 Å². The zero-order chi connectivity index (χ0) is 14.7. The number of guanidine groups is 1. The van der Waals surface area contributed by atoms with Gasteiger partial charge in [0.05, 0.1) is 18.8 Å². The molecule has 3 rings (SSSR count). The van der Waals surface area contributed by atoms with E-state index in [-0.39, 0.29) is 11.9 Å². The molecule has 0 saturated carbocycles. The zero-order valence-electron chi connectivity index (χ0n) is 11.6. The molecule has 1 aromatic heterocycles. The maximum absolute atomic E-state index is 13.3. The van der Waals surface area contributed by atoms with E-state index < -0.39 is 0 Å². The number of aliphatic imine (C=N–C) groups is 1. The van der Waals surface area contributed by atoms with Gasteiger partial charge in [-0.15, -0.1) is 0 Å². The lowest BCUT2D eigenvalue weighted by molar-refractivity contribution is 0.323. The first-order chi connectivity index (χ1) is 10.3. The highest BCUT2D eigenvalue weighted by atomic mass is 19.1. The SMILES string of the molecule is CN=C(NCc1ccco1)NC1COc2ccc(F)cc21. The van der Waals surface area contributed by atoms with Crippen molar-refractivity contribution in [2.75, 3.05) is 13.7 Å². The predicted octanol–water partition coefficient (Wildman–Crippen LogP) is 2.22. The summed E-state index contributed by atoms with van der Waals surface area (Å²) in [5.74, 6) is 1.85. The Morgan fingerprint density at radius 3 is 3.10 bits per heavy atom. The lowest BCUT2D eigenvalue weighted by atomic mass is 10.1. The average molecular weight is 289 g/mol. The van der Waals surface area contributed by atoms with E-state index in [1.54, 1.807) is 19.4 Å². The number of nitrogens with zero attached hydrogens (tertiary/aromatic N) is 1. The summed E-state index contributed by atoms with van der Waals surface area (Å²) in [5.41, 5.74) is 0.802. The Morgan fingerprint density at radius 2 is 2.33 bits per heavy atom. The smallest absolute Gasteiger partial charge is 0.191 e. The fourth-order valence-corrected chi connectivity index (χ4v) is 2.25. The van der Waals surface area contributed by atoms with Gasteiger partial charge in [-0.05, 0) is 30.3 Å². The van der Waals surface area contributed by atoms with Crippen LogP contribution in [0.2, 0.25) is 0 Å². The summed E-state index contributed by atoms with van der Waals surface area (Å²) in [5, 5.41) is 6.36. The minimum absolute atomic E-state index is 0.126. The number of benzene rings is 1. The van der Waals surface area contributed by atoms with Gasteiger partial charge in [0, 0.05) is 12.6 Å². The Balaban J connectivity index is 1.65. The van der Waals surface area contributed by atoms with Crippen molar-refractivity contribution in [3.05, 3.63) is 53.7 Å². The van der Waals surface area contributed by atoms with Crippen LogP contribution in [0.15, 0.2) is 46.0 Å². The van der Waals surface area contributed by atoms with Crippen LogP contribution in [0.3, 0.4) is 0 Å². The van der Waals surface area contributed by atoms with Gasteiger partial charge in [0.2, 0.25) is 0 Å². The van der Waals surface area contributed by atoms with Gasteiger partial charge in [-0.2, -0.15) is 0 Å². The van der Waals surface area contributed by atoms with Gasteiger partial charge < -0.3 is 19.8 Å². The van der Waals surface area contributed by atoms with Crippen LogP contribution in [0, 0.1) is 5.82 Å². The molecule has 0 fully saturated rings. The number of hydrogen-bond acceptors (Lipinski definition) is 3. The van der Waals surface area contributed by atoms with E-state index in [2.05, 4.69) is 15.6 Å². The van der Waals surface area contributed by atoms with Crippen molar-refractivity contribution < 1.29 is 13.5 Å². The molecule has 0 radical (unpaired) electrons. The second kappa shape index (κ2) is 5.87. The molecular formula is C15H16FN3O2. The van der Waals surface area contributed by atoms with E-state index in [9.17, 15) is 4.39 Å². The molecule has 0 saturated heterocycles. The van der Waals surface area contributed by atoms with Gasteiger partial charge in [0.15, 0.2) is 5.96 Å². The first-order valence-corrected chi connectivity index (χ1v) is 6.68. The van der Waals surface area contributed by atoms with Crippen LogP contribution in [-0.2, 0) is 6.54 Å². The fraction of sp³-hybridized carbons (Fsp3) is 0.267. The monoisotopic (exact) mass is 289 g/mol. The summed E-state index contributed by atoms with van der Waals surface area (Å²) in [6.45, 7) is 0.969. The molecule has 1 atom stereocenters. The predicted molar refractivity (Wildman–Crippen MR) is 76.7 cm³/mol. The number of halogens is 1. The molecule has 21 heavy (non-hydrogen) atoms. The van der Waals surface area contributed by atoms with Crippen molar-refractivity contribution >= 4 is 5.96 Å². The third kappa shape index (κ3) is 2.99. The Hall–Kier alpha value is -2.50. The van der Waals surface area contributed by atoms with Gasteiger partial charge >= 0.3 is 0 Å². The van der Waals surface area contributed by atoms with Crippen LogP contribution in [0.5, 0.6) is 5.75 Å². The van der Waals surface area contributed by atoms with E-state index in [1.165, 1.54) is 12.1 Å². The van der Waals surface area contributed by atoms with Crippen molar-refractivity contribution in [1.29, 1.82) is 0 Å². The second-order valence-corrected chi connectivity index (χ2v) is 4.70. The second-order valence-electron chi connectivity index (χ2n) is 4.70. The number of hydrogen-bond donors (Lipinski definition) is 2. The molecule has 110 valence electrons. The summed E-state index contributed by atoms with van der Waals surface area (Å²) in [6, 6.07) is 8.11. The van der Waals surface area contributed by atoms with Crippen molar-refractivity contribution in [3.63, 3.8) is 0 Å². The summed E-state index contributed by atoms with van der Waals surface area (Å²) in [6.07, 6.45) is 1.62. The molecule has 1 aliphatic heterocycles. The Bertz CT molecular complexity index is 640. The van der Waals surface area contributed by atoms with Gasteiger partial charge in [-0.1, -0.05) is 0 Å². The number of ether oxygens (including phenoxy) is 1. The molecule has 2 heterocycles. The molecule has 1 aliphatic rings. The zero-order valence-corrected chi connectivity index (χ0v) is 11.6. The molecule has 5 nitrogen and oxygen atoms in total. The van der Waals surface area contributed by atoms with E-state index in [0.717, 1.165) is 11.3 Å². The molecular weight excluding hydrogens is 273 g/mol. The maximum atomic E-state index is 13.3. The van der Waals surface area contributed by atoms with Crippen LogP contribution in [0.4, 0.5) is 4.39 Å². The molecule has 0 amide bonds. The number of furan rings is 1. The molecule has 6 heteroatoms. The molecule has 0 spiro atoms. The summed E-state index contributed by atoms with van der Waals surface area (Å²) < 4.78 is 24.1. The first kappa shape index (κ1) is 13.5. The molecule has 2 aromatic rings. The molecule has 0 aliphatic carbocycles. The van der Waals surface area contributed by atoms with Crippen LogP contribution < -0.4 is 15.4 Å². The highest BCUT2D eigenvalue weighted by Crippen LogP contribution is 2.32. The normalized spacial score (nSPS) is 17.2. The fourth-order valence-electron chi connectivity index (χ4n) is 2.25. The van der Waals surface area contributed by atoms with Gasteiger partial charge in [0.25, 0.3) is 0 Å². The number of rotatable bonds is 3. The van der Waals surface area contributed by atoms with E-state index >= 15 is 0 Å². The largest absolute Gasteiger partial charge is 0.491 e. The lowest BCUT2D eigenvalue weighted by Gasteiger charge is -2.16. The minimum atomic E-state index is -0.274. The van der Waals surface area contributed by atoms with Gasteiger partial charge in [-0.3, -0.25) is 4.99 Å². The third-order valence-electron chi connectivity index (χ3n) is 3.30. The summed E-state index contributed by atoms with van der Waals surface area (Å²) >= 11 is 0. The van der Waals surface area contributed by atoms with Crippen molar-refractivity contribution in [3.8, 4) is 5.75 Å². The van der Waals surface area contributed by atoms with Crippen LogP contribution in [0.25, 0.3) is 0 Å². The minimum Gasteiger partial charge on any atom is -0.491 e. The summed E-state index contributed by atoms with van der Waals surface area (Å²) in [4.78, 5) is 4.15. The van der Waals surface area contributed by atoms with Gasteiger partial charge in [0.1, 0.15) is 23.9 Å². The van der Waals surface area contributed by atoms with E-state index in [4.69, 9.17) is 9.15 Å². The average Bonchev–Trinajstić information content (AvgIpc) is 3.13. The van der Waals surface area contributed by atoms with Crippen LogP contribution >= 0.6 is 0 Å². The number of nitrogens with one attached hydrogen (secondary N) is 2. The highest BCUT2D eigenvalue weighted by molar-refractivity contribution is 5.80. The Labute approximate surface area is 121 Å². The number of fused-ring (bicyclic) bond motifs is 1. The van der Waals surface area contributed by atoms with Gasteiger partial charge in [-0.25, -0.2) is 4.39 Å². The molecule has 0 bridgehead atoms. The quantitative estimate of drug-likeness (QED) is 0.672. The maximum Gasteiger partial charge on any atom is 0.191 e. The highest BCUT2D eigenvalue weighted by Gasteiger charge is 2.25. The van der Waals surface area contributed by atoms with E-state index in [1.807, 2.05) is 12.1 Å². The standard InChI is InChI=1S/C15H16FN3O2/c1-17-15(18-8-11-3-2-6-20-11)19-13-9-21-14-5-4-10(16)7-12(13)14/h2-7,13H,8-9H2,1H3,(H2,17,18,19). The molecule has 1 unspecified atom stereocenters.